The number of Topliss-reactive ketones (excluding diaryl/α,β-unsaturated/α-hetero) is 1. The van der Waals surface area contributed by atoms with Crippen LogP contribution in [0.3, 0.4) is 0 Å². The van der Waals surface area contributed by atoms with E-state index in [1.54, 1.807) is 40.6 Å². The van der Waals surface area contributed by atoms with E-state index in [9.17, 15) is 29.1 Å². The molecule has 13 heteroatoms. The van der Waals surface area contributed by atoms with Crippen LogP contribution in [-0.4, -0.2) is 101 Å². The van der Waals surface area contributed by atoms with E-state index < -0.39 is 12.1 Å². The Morgan fingerprint density at radius 3 is 2.36 bits per heavy atom. The first kappa shape index (κ1) is 44.2. The number of hydrogen-bond acceptors (Lipinski definition) is 9. The van der Waals surface area contributed by atoms with Gasteiger partial charge in [0.25, 0.3) is 0 Å². The number of nitrogens with zero attached hydrogens (tertiary/aromatic N) is 2. The van der Waals surface area contributed by atoms with Gasteiger partial charge in [-0.3, -0.25) is 24.0 Å². The second-order valence-corrected chi connectivity index (χ2v) is 17.4. The van der Waals surface area contributed by atoms with Crippen molar-refractivity contribution in [2.45, 2.75) is 95.2 Å². The fourth-order valence-corrected chi connectivity index (χ4v) is 9.19. The highest BCUT2D eigenvalue weighted by Crippen LogP contribution is 2.52. The number of ketones is 1. The smallest absolute Gasteiger partial charge is 0.245 e. The molecule has 1 aliphatic heterocycles. The van der Waals surface area contributed by atoms with Gasteiger partial charge in [-0.15, -0.1) is 0 Å². The molecule has 2 aromatic rings. The van der Waals surface area contributed by atoms with Gasteiger partial charge in [0.2, 0.25) is 23.6 Å². The van der Waals surface area contributed by atoms with Crippen LogP contribution in [-0.2, 0) is 35.5 Å². The lowest BCUT2D eigenvalue weighted by Gasteiger charge is -2.30. The summed E-state index contributed by atoms with van der Waals surface area (Å²) in [6, 6.07) is 14.6. The fraction of sp³-hybridized carbons (Fsp3) is 0.595. The summed E-state index contributed by atoms with van der Waals surface area (Å²) in [4.78, 5) is 67.7. The molecule has 2 aromatic carbocycles. The van der Waals surface area contributed by atoms with Crippen LogP contribution in [0.1, 0.15) is 88.3 Å². The molecule has 2 aliphatic rings. The highest BCUT2D eigenvalue weighted by molar-refractivity contribution is 7.98. The van der Waals surface area contributed by atoms with Crippen LogP contribution in [0.15, 0.2) is 48.5 Å². The zero-order valence-corrected chi connectivity index (χ0v) is 34.6. The first-order valence-corrected chi connectivity index (χ1v) is 22.0. The Kier molecular flexibility index (Phi) is 17.9. The number of thioether (sulfide) groups is 2. The standard InChI is InChI=1S/C42H61N5O6S2/c1-28(9-5-6-18-43)39(40(51)44-25-29(2)48)45-38(50)17-21-54-26-31-10-7-11-32(23-31)27-55-22-20-46(4)42(53)37-12-8-19-47(37)41(52)30(3)35-24-36(35)33-13-15-34(49)16-14-33/h7,10-11,13-16,23,28,30,35-37,39,49H,5-6,8-9,12,17-22,24-27,43H2,1-4H3,(H,44,51)(H,45,50)/t28-,30?,35-,36?,37?,39?/m0/s1. The molecule has 1 heterocycles. The minimum atomic E-state index is -0.698. The van der Waals surface area contributed by atoms with Crippen molar-refractivity contribution in [1.29, 1.82) is 0 Å². The van der Waals surface area contributed by atoms with Crippen LogP contribution in [0.25, 0.3) is 0 Å². The molecular formula is C42H61N5O6S2. The lowest BCUT2D eigenvalue weighted by molar-refractivity contribution is -0.145. The van der Waals surface area contributed by atoms with Crippen LogP contribution in [0.2, 0.25) is 0 Å². The fourth-order valence-electron chi connectivity index (χ4n) is 7.33. The van der Waals surface area contributed by atoms with Gasteiger partial charge in [0, 0.05) is 55.5 Å². The second-order valence-electron chi connectivity index (χ2n) is 15.2. The third kappa shape index (κ3) is 13.9. The number of nitrogens with one attached hydrogen (secondary N) is 2. The van der Waals surface area contributed by atoms with Crippen molar-refractivity contribution in [3.8, 4) is 5.75 Å². The summed E-state index contributed by atoms with van der Waals surface area (Å²) in [5.74, 6) is 2.98. The molecule has 4 rings (SSSR count). The molecule has 6 atom stereocenters. The zero-order chi connectivity index (χ0) is 39.9. The van der Waals surface area contributed by atoms with E-state index in [-0.39, 0.29) is 65.9 Å². The first-order chi connectivity index (χ1) is 26.4. The number of carbonyl (C=O) groups excluding carboxylic acids is 5. The average Bonchev–Trinajstić information content (AvgIpc) is 3.82. The number of amides is 4. The normalized spacial score (nSPS) is 19.3. The maximum Gasteiger partial charge on any atom is 0.245 e. The van der Waals surface area contributed by atoms with Crippen LogP contribution in [0.4, 0.5) is 0 Å². The quantitative estimate of drug-likeness (QED) is 0.112. The lowest BCUT2D eigenvalue weighted by Crippen LogP contribution is -2.51. The van der Waals surface area contributed by atoms with Crippen LogP contribution < -0.4 is 16.4 Å². The molecular weight excluding hydrogens is 735 g/mol. The topological polar surface area (TPSA) is 162 Å². The van der Waals surface area contributed by atoms with Gasteiger partial charge in [-0.05, 0) is 92.1 Å². The predicted octanol–water partition coefficient (Wildman–Crippen LogP) is 5.09. The van der Waals surface area contributed by atoms with Crippen molar-refractivity contribution in [2.75, 3.05) is 44.7 Å². The van der Waals surface area contributed by atoms with E-state index in [1.165, 1.54) is 18.1 Å². The van der Waals surface area contributed by atoms with Gasteiger partial charge >= 0.3 is 0 Å². The van der Waals surface area contributed by atoms with Gasteiger partial charge in [0.1, 0.15) is 23.6 Å². The molecule has 0 spiro atoms. The van der Waals surface area contributed by atoms with Crippen LogP contribution in [0.5, 0.6) is 5.75 Å². The van der Waals surface area contributed by atoms with Crippen molar-refractivity contribution >= 4 is 52.9 Å². The van der Waals surface area contributed by atoms with E-state index in [4.69, 9.17) is 5.73 Å². The van der Waals surface area contributed by atoms with E-state index >= 15 is 0 Å². The number of hydrogen-bond donors (Lipinski definition) is 4. The summed E-state index contributed by atoms with van der Waals surface area (Å²) in [7, 11) is 1.83. The first-order valence-electron chi connectivity index (χ1n) is 19.7. The number of carbonyl (C=O) groups is 5. The number of aromatic hydroxyl groups is 1. The van der Waals surface area contributed by atoms with Gasteiger partial charge in [-0.2, -0.15) is 23.5 Å². The van der Waals surface area contributed by atoms with Gasteiger partial charge in [0.05, 0.1) is 6.54 Å². The number of phenolic OH excluding ortho intramolecular Hbond substituents is 1. The van der Waals surface area contributed by atoms with Crippen molar-refractivity contribution in [2.24, 2.45) is 23.5 Å². The number of phenols is 1. The van der Waals surface area contributed by atoms with Crippen LogP contribution >= 0.6 is 23.5 Å². The SMILES string of the molecule is CC(=O)CNC(=O)C(NC(=O)CCSCc1cccc(CSCCN(C)C(=O)C2CCCN2C(=O)C(C)[C@@H]2CC2c2ccc(O)cc2)c1)[C@@H](C)CCCCN. The zero-order valence-electron chi connectivity index (χ0n) is 33.0. The molecule has 4 unspecified atom stereocenters. The maximum absolute atomic E-state index is 13.6. The molecule has 2 fully saturated rings. The average molecular weight is 796 g/mol. The Balaban J connectivity index is 1.15. The highest BCUT2D eigenvalue weighted by atomic mass is 32.2. The Labute approximate surface area is 335 Å². The van der Waals surface area contributed by atoms with Crippen LogP contribution in [0, 0.1) is 17.8 Å². The van der Waals surface area contributed by atoms with Crippen molar-refractivity contribution in [3.63, 3.8) is 0 Å². The third-order valence-electron chi connectivity index (χ3n) is 10.8. The van der Waals surface area contributed by atoms with Gasteiger partial charge in [-0.1, -0.05) is 56.7 Å². The molecule has 1 aliphatic carbocycles. The number of rotatable bonds is 23. The van der Waals surface area contributed by atoms with Gasteiger partial charge < -0.3 is 31.3 Å². The molecule has 11 nitrogen and oxygen atoms in total. The van der Waals surface area contributed by atoms with E-state index in [1.807, 2.05) is 44.0 Å². The van der Waals surface area contributed by atoms with E-state index in [0.29, 0.717) is 37.7 Å². The summed E-state index contributed by atoms with van der Waals surface area (Å²) in [5.41, 5.74) is 9.14. The Morgan fingerprint density at radius 1 is 1.00 bits per heavy atom. The molecule has 0 radical (unpaired) electrons. The summed E-state index contributed by atoms with van der Waals surface area (Å²) >= 11 is 3.44. The molecule has 5 N–H and O–H groups in total. The van der Waals surface area contributed by atoms with Crippen molar-refractivity contribution in [3.05, 3.63) is 65.2 Å². The molecule has 0 bridgehead atoms. The van der Waals surface area contributed by atoms with Gasteiger partial charge in [-0.25, -0.2) is 0 Å². The number of benzene rings is 2. The predicted molar refractivity (Wildman–Crippen MR) is 222 cm³/mol. The highest BCUT2D eigenvalue weighted by Gasteiger charge is 2.47. The van der Waals surface area contributed by atoms with Crippen molar-refractivity contribution < 1.29 is 29.1 Å². The number of likely N-dealkylation sites (tertiary alicyclic amines) is 1. The van der Waals surface area contributed by atoms with E-state index in [2.05, 4.69) is 28.8 Å². The Bertz CT molecular complexity index is 1590. The summed E-state index contributed by atoms with van der Waals surface area (Å²) < 4.78 is 0. The Morgan fingerprint density at radius 2 is 1.69 bits per heavy atom. The minimum absolute atomic E-state index is 0.0148. The maximum atomic E-state index is 13.6. The molecule has 302 valence electrons. The summed E-state index contributed by atoms with van der Waals surface area (Å²) in [6.45, 7) is 7.10. The minimum Gasteiger partial charge on any atom is -0.508 e. The monoisotopic (exact) mass is 795 g/mol. The van der Waals surface area contributed by atoms with Crippen molar-refractivity contribution in [1.82, 2.24) is 20.4 Å². The summed E-state index contributed by atoms with van der Waals surface area (Å²) in [5, 5.41) is 15.2. The summed E-state index contributed by atoms with van der Waals surface area (Å²) in [6.07, 6.45) is 5.24. The van der Waals surface area contributed by atoms with Gasteiger partial charge in [0.15, 0.2) is 0 Å². The second kappa shape index (κ2) is 22.3. The number of unbranched alkanes of at least 4 members (excludes halogenated alkanes) is 1. The molecule has 55 heavy (non-hydrogen) atoms. The molecule has 0 aromatic heterocycles. The lowest BCUT2D eigenvalue weighted by atomic mass is 9.94. The molecule has 1 saturated carbocycles. The Hall–Kier alpha value is -3.55. The molecule has 4 amide bonds. The third-order valence-corrected chi connectivity index (χ3v) is 12.8. The largest absolute Gasteiger partial charge is 0.508 e. The number of nitrogens with two attached hydrogens (primary N) is 1. The molecule has 1 saturated heterocycles. The van der Waals surface area contributed by atoms with E-state index in [0.717, 1.165) is 54.9 Å². The number of likely N-dealkylation sites (N-methyl/N-ethyl adjacent to an activating group) is 1.